The minimum absolute atomic E-state index is 0.0619. The molecule has 2 fully saturated rings. The Labute approximate surface area is 263 Å². The third-order valence-electron chi connectivity index (χ3n) is 7.65. The maximum absolute atomic E-state index is 15.3. The van der Waals surface area contributed by atoms with Crippen molar-refractivity contribution in [2.24, 2.45) is 5.92 Å². The molecule has 10 nitrogen and oxygen atoms in total. The highest BCUT2D eigenvalue weighted by atomic mass is 19.1. The normalized spacial score (nSPS) is 18.1. The van der Waals surface area contributed by atoms with E-state index in [-0.39, 0.29) is 43.7 Å². The van der Waals surface area contributed by atoms with Gasteiger partial charge in [0.25, 0.3) is 0 Å². The molecule has 3 amide bonds. The SMILES string of the molecule is CC(C)OC(=O)N1CCC(COc2ccc(-c3ccc(CC(NC(=O)OC(C)(C)C)C(=O)N4CCC(F)C4)c(F)c3)cn2)CC1. The van der Waals surface area contributed by atoms with E-state index in [1.165, 1.54) is 11.0 Å². The van der Waals surface area contributed by atoms with E-state index in [2.05, 4.69) is 10.3 Å². The molecule has 3 heterocycles. The molecule has 1 aromatic heterocycles. The number of pyridine rings is 1. The summed E-state index contributed by atoms with van der Waals surface area (Å²) in [6.45, 7) is 10.6. The van der Waals surface area contributed by atoms with Gasteiger partial charge in [-0.05, 0) is 83.1 Å². The lowest BCUT2D eigenvalue weighted by Crippen LogP contribution is -2.50. The number of nitrogens with one attached hydrogen (secondary N) is 1. The first-order valence-corrected chi connectivity index (χ1v) is 15.5. The Hall–Kier alpha value is -3.96. The molecular weight excluding hydrogens is 586 g/mol. The summed E-state index contributed by atoms with van der Waals surface area (Å²) in [6, 6.07) is 7.04. The molecule has 2 saturated heterocycles. The van der Waals surface area contributed by atoms with Crippen molar-refractivity contribution in [1.29, 1.82) is 0 Å². The van der Waals surface area contributed by atoms with E-state index >= 15 is 4.39 Å². The molecule has 45 heavy (non-hydrogen) atoms. The minimum atomic E-state index is -1.13. The van der Waals surface area contributed by atoms with Crippen molar-refractivity contribution in [1.82, 2.24) is 20.1 Å². The van der Waals surface area contributed by atoms with Gasteiger partial charge in [0, 0.05) is 43.9 Å². The number of carbonyl (C=O) groups is 3. The van der Waals surface area contributed by atoms with Gasteiger partial charge in [-0.15, -0.1) is 0 Å². The number of alkyl carbamates (subject to hydrolysis) is 1. The zero-order chi connectivity index (χ0) is 32.7. The highest BCUT2D eigenvalue weighted by Crippen LogP contribution is 2.25. The summed E-state index contributed by atoms with van der Waals surface area (Å²) in [5, 5.41) is 2.55. The predicted molar refractivity (Wildman–Crippen MR) is 164 cm³/mol. The van der Waals surface area contributed by atoms with Gasteiger partial charge in [0.15, 0.2) is 0 Å². The van der Waals surface area contributed by atoms with Crippen LogP contribution in [0.1, 0.15) is 59.4 Å². The lowest BCUT2D eigenvalue weighted by molar-refractivity contribution is -0.132. The molecule has 12 heteroatoms. The maximum atomic E-state index is 15.3. The standard InChI is InChI=1S/C33H44F2N4O6/c1-21(2)44-32(42)38-13-10-22(11-14-38)20-43-29-9-8-25(18-36-29)23-6-7-24(27(35)16-23)17-28(37-31(41)45-33(3,4)5)30(40)39-15-12-26(34)19-39/h6-9,16,18,21-22,26,28H,10-15,17,19-20H2,1-5H3,(H,37,41). The molecular formula is C33H44F2N4O6. The van der Waals surface area contributed by atoms with Crippen molar-refractivity contribution in [3.63, 3.8) is 0 Å². The van der Waals surface area contributed by atoms with Gasteiger partial charge in [-0.1, -0.05) is 12.1 Å². The second-order valence-corrected chi connectivity index (χ2v) is 12.9. The average molecular weight is 631 g/mol. The highest BCUT2D eigenvalue weighted by molar-refractivity contribution is 5.86. The highest BCUT2D eigenvalue weighted by Gasteiger charge is 2.33. The molecule has 2 aromatic rings. The van der Waals surface area contributed by atoms with Crippen LogP contribution in [0.2, 0.25) is 0 Å². The Morgan fingerprint density at radius 1 is 1.02 bits per heavy atom. The van der Waals surface area contributed by atoms with Gasteiger partial charge >= 0.3 is 12.2 Å². The van der Waals surface area contributed by atoms with E-state index in [0.717, 1.165) is 12.8 Å². The fourth-order valence-corrected chi connectivity index (χ4v) is 5.30. The van der Waals surface area contributed by atoms with Crippen molar-refractivity contribution in [2.45, 2.75) is 84.2 Å². The summed E-state index contributed by atoms with van der Waals surface area (Å²) in [5.41, 5.74) is 0.689. The smallest absolute Gasteiger partial charge is 0.410 e. The maximum Gasteiger partial charge on any atom is 0.410 e. The summed E-state index contributed by atoms with van der Waals surface area (Å²) < 4.78 is 45.6. The van der Waals surface area contributed by atoms with Gasteiger partial charge in [-0.25, -0.2) is 23.4 Å². The molecule has 2 atom stereocenters. The second kappa shape index (κ2) is 14.9. The largest absolute Gasteiger partial charge is 0.477 e. The summed E-state index contributed by atoms with van der Waals surface area (Å²) in [7, 11) is 0. The van der Waals surface area contributed by atoms with Crippen molar-refractivity contribution in [3.05, 3.63) is 47.9 Å². The van der Waals surface area contributed by atoms with E-state index in [1.54, 1.807) is 56.1 Å². The number of hydrogen-bond donors (Lipinski definition) is 1. The molecule has 2 unspecified atom stereocenters. The first-order valence-electron chi connectivity index (χ1n) is 15.5. The molecule has 0 aliphatic carbocycles. The van der Waals surface area contributed by atoms with Crippen molar-refractivity contribution in [2.75, 3.05) is 32.8 Å². The lowest BCUT2D eigenvalue weighted by Gasteiger charge is -2.31. The van der Waals surface area contributed by atoms with Gasteiger partial charge in [-0.3, -0.25) is 4.79 Å². The van der Waals surface area contributed by atoms with Gasteiger partial charge in [0.2, 0.25) is 11.8 Å². The van der Waals surface area contributed by atoms with E-state index < -0.39 is 35.6 Å². The van der Waals surface area contributed by atoms with E-state index in [9.17, 15) is 18.8 Å². The van der Waals surface area contributed by atoms with Crippen molar-refractivity contribution < 1.29 is 37.4 Å². The van der Waals surface area contributed by atoms with E-state index in [4.69, 9.17) is 14.2 Å². The molecule has 246 valence electrons. The number of rotatable bonds is 9. The number of halogens is 2. The number of amides is 3. The van der Waals surface area contributed by atoms with E-state index in [0.29, 0.717) is 42.6 Å². The Bertz CT molecular complexity index is 1330. The number of hydrogen-bond acceptors (Lipinski definition) is 7. The molecule has 4 rings (SSSR count). The van der Waals surface area contributed by atoms with Gasteiger partial charge < -0.3 is 29.3 Å². The van der Waals surface area contributed by atoms with Crippen LogP contribution in [0.15, 0.2) is 36.5 Å². The molecule has 0 spiro atoms. The van der Waals surface area contributed by atoms with Gasteiger partial charge in [-0.2, -0.15) is 0 Å². The number of piperidine rings is 1. The van der Waals surface area contributed by atoms with Crippen LogP contribution in [0.5, 0.6) is 5.88 Å². The number of carbonyl (C=O) groups excluding carboxylic acids is 3. The average Bonchev–Trinajstić information content (AvgIpc) is 3.41. The number of benzene rings is 1. The second-order valence-electron chi connectivity index (χ2n) is 12.9. The number of nitrogens with zero attached hydrogens (tertiary/aromatic N) is 3. The third-order valence-corrected chi connectivity index (χ3v) is 7.65. The van der Waals surface area contributed by atoms with E-state index in [1.807, 2.05) is 13.8 Å². The Morgan fingerprint density at radius 2 is 1.71 bits per heavy atom. The van der Waals surface area contributed by atoms with Crippen LogP contribution < -0.4 is 10.1 Å². The first-order chi connectivity index (χ1) is 21.3. The molecule has 2 aliphatic heterocycles. The quantitative estimate of drug-likeness (QED) is 0.388. The van der Waals surface area contributed by atoms with Gasteiger partial charge in [0.1, 0.15) is 23.6 Å². The fraction of sp³-hybridized carbons (Fsp3) is 0.576. The van der Waals surface area contributed by atoms with Crippen LogP contribution in [0.3, 0.4) is 0 Å². The van der Waals surface area contributed by atoms with Crippen LogP contribution in [0, 0.1) is 11.7 Å². The van der Waals surface area contributed by atoms with Crippen LogP contribution in [-0.4, -0.2) is 89.6 Å². The number of aromatic nitrogens is 1. The summed E-state index contributed by atoms with van der Waals surface area (Å²) in [6.07, 6.45) is 0.960. The zero-order valence-corrected chi connectivity index (χ0v) is 26.7. The van der Waals surface area contributed by atoms with Crippen LogP contribution in [0.4, 0.5) is 18.4 Å². The lowest BCUT2D eigenvalue weighted by atomic mass is 9.98. The number of ether oxygens (including phenoxy) is 3. The molecule has 0 radical (unpaired) electrons. The van der Waals surface area contributed by atoms with Gasteiger partial charge in [0.05, 0.1) is 19.3 Å². The third kappa shape index (κ3) is 10.0. The summed E-state index contributed by atoms with van der Waals surface area (Å²) in [5.74, 6) is -0.293. The number of alkyl halides is 1. The predicted octanol–water partition coefficient (Wildman–Crippen LogP) is 5.53. The number of likely N-dealkylation sites (tertiary alicyclic amines) is 2. The Kier molecular flexibility index (Phi) is 11.2. The topological polar surface area (TPSA) is 110 Å². The van der Waals surface area contributed by atoms with Crippen LogP contribution in [0.25, 0.3) is 11.1 Å². The molecule has 2 aliphatic rings. The van der Waals surface area contributed by atoms with Crippen molar-refractivity contribution >= 4 is 18.1 Å². The monoisotopic (exact) mass is 630 g/mol. The first kappa shape index (κ1) is 33.9. The summed E-state index contributed by atoms with van der Waals surface area (Å²) >= 11 is 0. The van der Waals surface area contributed by atoms with Crippen LogP contribution >= 0.6 is 0 Å². The van der Waals surface area contributed by atoms with Crippen LogP contribution in [-0.2, 0) is 20.7 Å². The Morgan fingerprint density at radius 3 is 2.29 bits per heavy atom. The zero-order valence-electron chi connectivity index (χ0n) is 26.7. The molecule has 1 aromatic carbocycles. The Balaban J connectivity index is 1.35. The minimum Gasteiger partial charge on any atom is -0.477 e. The molecule has 0 saturated carbocycles. The molecule has 0 bridgehead atoms. The van der Waals surface area contributed by atoms with Crippen molar-refractivity contribution in [3.8, 4) is 17.0 Å². The summed E-state index contributed by atoms with van der Waals surface area (Å²) in [4.78, 5) is 45.2. The molecule has 1 N–H and O–H groups in total. The fourth-order valence-electron chi connectivity index (χ4n) is 5.30.